The molecule has 0 aliphatic carbocycles. The maximum Gasteiger partial charge on any atom is 0.235 e. The molecule has 2 N–H and O–H groups in total. The number of carbonyl (C=O) groups excluding carboxylic acids is 3. The van der Waals surface area contributed by atoms with Crippen LogP contribution in [0.3, 0.4) is 0 Å². The Morgan fingerprint density at radius 1 is 1.09 bits per heavy atom. The number of thioether (sulfide) groups is 1. The maximum atomic E-state index is 12.5. The zero-order valence-electron chi connectivity index (χ0n) is 18.5. The zero-order chi connectivity index (χ0) is 23.9. The van der Waals surface area contributed by atoms with Gasteiger partial charge in [0, 0.05) is 24.7 Å². The Bertz CT molecular complexity index is 1150. The number of carbonyl (C=O) groups is 3. The van der Waals surface area contributed by atoms with Gasteiger partial charge >= 0.3 is 0 Å². The summed E-state index contributed by atoms with van der Waals surface area (Å²) in [7, 11) is 0. The minimum absolute atomic E-state index is 0.0584. The van der Waals surface area contributed by atoms with Crippen LogP contribution in [0.2, 0.25) is 0 Å². The van der Waals surface area contributed by atoms with Gasteiger partial charge in [-0.25, -0.2) is 0 Å². The SMILES string of the molecule is Cc1cc(NC(=O)CSCC(=O)NC2CC(=O)N(c3ccc(Oc4ccccc4)cc3)C2)no1. The van der Waals surface area contributed by atoms with Crippen LogP contribution < -0.4 is 20.3 Å². The van der Waals surface area contributed by atoms with Gasteiger partial charge < -0.3 is 24.8 Å². The van der Waals surface area contributed by atoms with E-state index < -0.39 is 0 Å². The minimum atomic E-state index is -0.284. The van der Waals surface area contributed by atoms with Gasteiger partial charge in [-0.2, -0.15) is 0 Å². The third kappa shape index (κ3) is 6.38. The number of anilines is 2. The Labute approximate surface area is 200 Å². The van der Waals surface area contributed by atoms with Crippen LogP contribution in [0.4, 0.5) is 11.5 Å². The highest BCUT2D eigenvalue weighted by Gasteiger charge is 2.31. The predicted octanol–water partition coefficient (Wildman–Crippen LogP) is 3.37. The van der Waals surface area contributed by atoms with Gasteiger partial charge in [-0.05, 0) is 43.3 Å². The van der Waals surface area contributed by atoms with E-state index in [1.165, 1.54) is 11.8 Å². The fraction of sp³-hybridized carbons (Fsp3) is 0.250. The number of benzene rings is 2. The van der Waals surface area contributed by atoms with E-state index >= 15 is 0 Å². The lowest BCUT2D eigenvalue weighted by Gasteiger charge is -2.18. The second kappa shape index (κ2) is 10.9. The van der Waals surface area contributed by atoms with Crippen LogP contribution in [-0.4, -0.2) is 47.0 Å². The molecule has 0 bridgehead atoms. The average Bonchev–Trinajstić information content (AvgIpc) is 3.39. The van der Waals surface area contributed by atoms with Gasteiger partial charge in [-0.15, -0.1) is 11.8 Å². The Morgan fingerprint density at radius 3 is 2.50 bits per heavy atom. The van der Waals surface area contributed by atoms with Crippen molar-refractivity contribution in [2.24, 2.45) is 0 Å². The van der Waals surface area contributed by atoms with E-state index in [2.05, 4.69) is 15.8 Å². The molecular formula is C24H24N4O5S. The van der Waals surface area contributed by atoms with Crippen LogP contribution in [-0.2, 0) is 14.4 Å². The van der Waals surface area contributed by atoms with Gasteiger partial charge in [-0.1, -0.05) is 23.4 Å². The number of hydrogen-bond donors (Lipinski definition) is 2. The first-order valence-corrected chi connectivity index (χ1v) is 11.9. The second-order valence-corrected chi connectivity index (χ2v) is 8.73. The number of rotatable bonds is 9. The molecule has 3 amide bonds. The largest absolute Gasteiger partial charge is 0.457 e. The van der Waals surface area contributed by atoms with E-state index in [1.54, 1.807) is 17.9 Å². The van der Waals surface area contributed by atoms with E-state index in [4.69, 9.17) is 9.26 Å². The summed E-state index contributed by atoms with van der Waals surface area (Å²) >= 11 is 1.18. The molecule has 0 spiro atoms. The molecule has 1 aliphatic heterocycles. The zero-order valence-corrected chi connectivity index (χ0v) is 19.3. The molecular weight excluding hydrogens is 456 g/mol. The number of aryl methyl sites for hydroxylation is 1. The van der Waals surface area contributed by atoms with Crippen molar-refractivity contribution in [2.75, 3.05) is 28.3 Å². The molecule has 0 radical (unpaired) electrons. The van der Waals surface area contributed by atoms with Gasteiger partial charge in [0.05, 0.1) is 17.5 Å². The third-order valence-electron chi connectivity index (χ3n) is 4.98. The molecule has 34 heavy (non-hydrogen) atoms. The third-order valence-corrected chi connectivity index (χ3v) is 5.91. The van der Waals surface area contributed by atoms with Crippen molar-refractivity contribution >= 4 is 41.0 Å². The van der Waals surface area contributed by atoms with Crippen LogP contribution in [0.5, 0.6) is 11.5 Å². The summed E-state index contributed by atoms with van der Waals surface area (Å²) < 4.78 is 10.7. The van der Waals surface area contributed by atoms with Crippen molar-refractivity contribution < 1.29 is 23.6 Å². The quantitative estimate of drug-likeness (QED) is 0.483. The standard InChI is InChI=1S/C24H24N4O5S/c1-16-11-21(27-33-16)26-23(30)15-34-14-22(29)25-17-12-24(31)28(13-17)18-7-9-20(10-8-18)32-19-5-3-2-4-6-19/h2-11,17H,12-15H2,1H3,(H,25,29)(H,26,27,30). The van der Waals surface area contributed by atoms with Gasteiger partial charge in [0.25, 0.3) is 0 Å². The van der Waals surface area contributed by atoms with Crippen molar-refractivity contribution in [3.05, 3.63) is 66.4 Å². The van der Waals surface area contributed by atoms with E-state index in [0.717, 1.165) is 11.4 Å². The van der Waals surface area contributed by atoms with Gasteiger partial charge in [0.15, 0.2) is 5.82 Å². The summed E-state index contributed by atoms with van der Waals surface area (Å²) in [5.74, 6) is 2.01. The smallest absolute Gasteiger partial charge is 0.235 e. The van der Waals surface area contributed by atoms with Crippen molar-refractivity contribution in [1.82, 2.24) is 10.5 Å². The summed E-state index contributed by atoms with van der Waals surface area (Å²) in [5, 5.41) is 9.16. The van der Waals surface area contributed by atoms with Crippen LogP contribution in [0, 0.1) is 6.92 Å². The van der Waals surface area contributed by atoms with E-state index in [-0.39, 0.29) is 41.7 Å². The summed E-state index contributed by atoms with van der Waals surface area (Å²) in [6, 6.07) is 18.0. The second-order valence-electron chi connectivity index (χ2n) is 7.75. The van der Waals surface area contributed by atoms with E-state index in [1.807, 2.05) is 54.6 Å². The fourth-order valence-electron chi connectivity index (χ4n) is 3.48. The number of para-hydroxylation sites is 1. The Morgan fingerprint density at radius 2 is 1.79 bits per heavy atom. The predicted molar refractivity (Wildman–Crippen MR) is 129 cm³/mol. The highest BCUT2D eigenvalue weighted by atomic mass is 32.2. The molecule has 9 nitrogen and oxygen atoms in total. The Balaban J connectivity index is 1.21. The Kier molecular flexibility index (Phi) is 7.48. The molecule has 1 aliphatic rings. The maximum absolute atomic E-state index is 12.5. The molecule has 1 saturated heterocycles. The molecule has 1 atom stereocenters. The van der Waals surface area contributed by atoms with Crippen LogP contribution in [0.1, 0.15) is 12.2 Å². The fourth-order valence-corrected chi connectivity index (χ4v) is 4.11. The molecule has 2 aromatic carbocycles. The van der Waals surface area contributed by atoms with Crippen LogP contribution in [0.25, 0.3) is 0 Å². The number of amides is 3. The average molecular weight is 481 g/mol. The molecule has 1 fully saturated rings. The topological polar surface area (TPSA) is 114 Å². The van der Waals surface area contributed by atoms with E-state index in [9.17, 15) is 14.4 Å². The normalized spacial score (nSPS) is 15.3. The van der Waals surface area contributed by atoms with Crippen molar-refractivity contribution in [2.45, 2.75) is 19.4 Å². The molecule has 4 rings (SSSR count). The molecule has 3 aromatic rings. The van der Waals surface area contributed by atoms with Gasteiger partial charge in [-0.3, -0.25) is 14.4 Å². The van der Waals surface area contributed by atoms with Crippen molar-refractivity contribution in [3.8, 4) is 11.5 Å². The molecule has 0 saturated carbocycles. The molecule has 176 valence electrons. The van der Waals surface area contributed by atoms with Crippen LogP contribution >= 0.6 is 11.8 Å². The number of nitrogens with zero attached hydrogens (tertiary/aromatic N) is 2. The molecule has 1 aromatic heterocycles. The Hall–Kier alpha value is -3.79. The molecule has 2 heterocycles. The first-order valence-electron chi connectivity index (χ1n) is 10.7. The van der Waals surface area contributed by atoms with Gasteiger partial charge in [0.1, 0.15) is 17.3 Å². The summed E-state index contributed by atoms with van der Waals surface area (Å²) in [6.07, 6.45) is 0.227. The monoisotopic (exact) mass is 480 g/mol. The number of hydrogen-bond acceptors (Lipinski definition) is 7. The van der Waals surface area contributed by atoms with Crippen molar-refractivity contribution in [3.63, 3.8) is 0 Å². The highest BCUT2D eigenvalue weighted by molar-refractivity contribution is 8.00. The van der Waals surface area contributed by atoms with Gasteiger partial charge in [0.2, 0.25) is 17.7 Å². The summed E-state index contributed by atoms with van der Waals surface area (Å²) in [4.78, 5) is 38.3. The number of aromatic nitrogens is 1. The molecule has 10 heteroatoms. The lowest BCUT2D eigenvalue weighted by molar-refractivity contribution is -0.119. The van der Waals surface area contributed by atoms with E-state index in [0.29, 0.717) is 23.9 Å². The highest BCUT2D eigenvalue weighted by Crippen LogP contribution is 2.27. The lowest BCUT2D eigenvalue weighted by Crippen LogP contribution is -2.38. The number of nitrogens with one attached hydrogen (secondary N) is 2. The van der Waals surface area contributed by atoms with Crippen LogP contribution in [0.15, 0.2) is 65.2 Å². The first-order chi connectivity index (χ1) is 16.5. The number of ether oxygens (including phenoxy) is 1. The lowest BCUT2D eigenvalue weighted by atomic mass is 10.2. The van der Waals surface area contributed by atoms with Crippen molar-refractivity contribution in [1.29, 1.82) is 0 Å². The minimum Gasteiger partial charge on any atom is -0.457 e. The molecule has 1 unspecified atom stereocenters. The first kappa shape index (κ1) is 23.4. The summed E-state index contributed by atoms with van der Waals surface area (Å²) in [5.41, 5.74) is 0.747. The summed E-state index contributed by atoms with van der Waals surface area (Å²) in [6.45, 7) is 2.12.